The summed E-state index contributed by atoms with van der Waals surface area (Å²) >= 11 is 0. The lowest BCUT2D eigenvalue weighted by Crippen LogP contribution is -2.30. The molecular weight excluding hydrogens is 232 g/mol. The minimum absolute atomic E-state index is 0.140. The van der Waals surface area contributed by atoms with Crippen molar-refractivity contribution >= 4 is 11.9 Å². The summed E-state index contributed by atoms with van der Waals surface area (Å²) in [6.07, 6.45) is 0.456. The van der Waals surface area contributed by atoms with E-state index in [1.54, 1.807) is 0 Å². The third-order valence-corrected chi connectivity index (χ3v) is 3.62. The number of aryl methyl sites for hydroxylation is 1. The lowest BCUT2D eigenvalue weighted by Gasteiger charge is -2.13. The van der Waals surface area contributed by atoms with Gasteiger partial charge in [-0.15, -0.1) is 0 Å². The molecule has 0 aliphatic heterocycles. The summed E-state index contributed by atoms with van der Waals surface area (Å²) in [6.45, 7) is 1.97. The van der Waals surface area contributed by atoms with Crippen LogP contribution < -0.4 is 0 Å². The highest BCUT2D eigenvalue weighted by atomic mass is 16.5. The van der Waals surface area contributed by atoms with Gasteiger partial charge in [0.1, 0.15) is 0 Å². The van der Waals surface area contributed by atoms with Gasteiger partial charge in [0.05, 0.1) is 14.2 Å². The molecule has 18 heavy (non-hydrogen) atoms. The molecule has 4 heteroatoms. The van der Waals surface area contributed by atoms with Crippen molar-refractivity contribution in [3.63, 3.8) is 0 Å². The van der Waals surface area contributed by atoms with E-state index >= 15 is 0 Å². The lowest BCUT2D eigenvalue weighted by atomic mass is 9.96. The lowest BCUT2D eigenvalue weighted by molar-refractivity contribution is -0.161. The van der Waals surface area contributed by atoms with Crippen molar-refractivity contribution < 1.29 is 19.1 Å². The first kappa shape index (κ1) is 12.6. The molecule has 96 valence electrons. The average Bonchev–Trinajstić information content (AvgIpc) is 3.14. The molecule has 0 spiro atoms. The number of carbonyl (C=O) groups is 2. The maximum Gasteiger partial charge on any atom is 0.323 e. The van der Waals surface area contributed by atoms with Crippen molar-refractivity contribution in [3.8, 4) is 0 Å². The molecule has 1 fully saturated rings. The number of hydrogen-bond acceptors (Lipinski definition) is 4. The van der Waals surface area contributed by atoms with Crippen molar-refractivity contribution in [3.05, 3.63) is 35.4 Å². The second-order valence-electron chi connectivity index (χ2n) is 4.57. The molecule has 0 radical (unpaired) electrons. The largest absolute Gasteiger partial charge is 0.468 e. The zero-order valence-electron chi connectivity index (χ0n) is 10.7. The van der Waals surface area contributed by atoms with Gasteiger partial charge in [0.2, 0.25) is 0 Å². The summed E-state index contributed by atoms with van der Waals surface area (Å²) in [6, 6.07) is 7.74. The molecule has 1 aliphatic carbocycles. The van der Waals surface area contributed by atoms with E-state index in [1.807, 2.05) is 31.2 Å². The summed E-state index contributed by atoms with van der Waals surface area (Å²) in [5, 5.41) is 0. The van der Waals surface area contributed by atoms with Gasteiger partial charge in [0.25, 0.3) is 0 Å². The smallest absolute Gasteiger partial charge is 0.323 e. The van der Waals surface area contributed by atoms with Crippen LogP contribution in [0.25, 0.3) is 0 Å². The fraction of sp³-hybridized carbons (Fsp3) is 0.429. The van der Waals surface area contributed by atoms with Gasteiger partial charge in [-0.25, -0.2) is 0 Å². The number of methoxy groups -OCH3 is 2. The highest BCUT2D eigenvalue weighted by Gasteiger charge is 2.68. The van der Waals surface area contributed by atoms with Crippen LogP contribution in [0, 0.1) is 12.3 Å². The summed E-state index contributed by atoms with van der Waals surface area (Å²) in [4.78, 5) is 23.7. The highest BCUT2D eigenvalue weighted by Crippen LogP contribution is 2.61. The molecule has 1 aromatic carbocycles. The predicted molar refractivity (Wildman–Crippen MR) is 65.0 cm³/mol. The van der Waals surface area contributed by atoms with Crippen LogP contribution in [0.1, 0.15) is 23.5 Å². The molecule has 0 saturated heterocycles. The number of hydrogen-bond donors (Lipinski definition) is 0. The zero-order valence-corrected chi connectivity index (χ0v) is 10.7. The third-order valence-electron chi connectivity index (χ3n) is 3.62. The van der Waals surface area contributed by atoms with E-state index in [2.05, 4.69) is 0 Å². The van der Waals surface area contributed by atoms with Gasteiger partial charge in [0.15, 0.2) is 5.41 Å². The average molecular weight is 248 g/mol. The number of esters is 2. The van der Waals surface area contributed by atoms with Gasteiger partial charge in [-0.05, 0) is 24.5 Å². The Morgan fingerprint density at radius 3 is 2.22 bits per heavy atom. The van der Waals surface area contributed by atoms with E-state index in [0.29, 0.717) is 6.42 Å². The van der Waals surface area contributed by atoms with Crippen LogP contribution in [-0.2, 0) is 19.1 Å². The molecule has 0 aromatic heterocycles. The SMILES string of the molecule is COC(=O)C1(C(=O)OC)CC1c1ccccc1C. The van der Waals surface area contributed by atoms with E-state index in [-0.39, 0.29) is 5.92 Å². The van der Waals surface area contributed by atoms with E-state index in [9.17, 15) is 9.59 Å². The standard InChI is InChI=1S/C14H16O4/c1-9-6-4-5-7-10(9)11-8-14(11,12(15)17-2)13(16)18-3/h4-7,11H,8H2,1-3H3. The van der Waals surface area contributed by atoms with Crippen molar-refractivity contribution in [1.29, 1.82) is 0 Å². The fourth-order valence-corrected chi connectivity index (χ4v) is 2.51. The molecule has 0 bridgehead atoms. The van der Waals surface area contributed by atoms with Gasteiger partial charge in [-0.2, -0.15) is 0 Å². The number of rotatable bonds is 3. The minimum Gasteiger partial charge on any atom is -0.468 e. The van der Waals surface area contributed by atoms with Crippen molar-refractivity contribution in [1.82, 2.24) is 0 Å². The van der Waals surface area contributed by atoms with Gasteiger partial charge in [0, 0.05) is 5.92 Å². The van der Waals surface area contributed by atoms with Gasteiger partial charge in [-0.3, -0.25) is 9.59 Å². The molecule has 1 saturated carbocycles. The Kier molecular flexibility index (Phi) is 3.11. The van der Waals surface area contributed by atoms with Crippen LogP contribution in [-0.4, -0.2) is 26.2 Å². The van der Waals surface area contributed by atoms with Crippen LogP contribution in [0.2, 0.25) is 0 Å². The molecule has 0 amide bonds. The van der Waals surface area contributed by atoms with Crippen LogP contribution in [0.15, 0.2) is 24.3 Å². The molecule has 1 aliphatic rings. The molecule has 1 aromatic rings. The second kappa shape index (κ2) is 4.44. The first-order valence-corrected chi connectivity index (χ1v) is 5.80. The Hall–Kier alpha value is -1.84. The second-order valence-corrected chi connectivity index (χ2v) is 4.57. The zero-order chi connectivity index (χ0) is 13.3. The van der Waals surface area contributed by atoms with Crippen LogP contribution in [0.3, 0.4) is 0 Å². The fourth-order valence-electron chi connectivity index (χ4n) is 2.51. The first-order chi connectivity index (χ1) is 8.57. The van der Waals surface area contributed by atoms with Crippen LogP contribution in [0.5, 0.6) is 0 Å². The van der Waals surface area contributed by atoms with Crippen molar-refractivity contribution in [2.75, 3.05) is 14.2 Å². The van der Waals surface area contributed by atoms with Crippen molar-refractivity contribution in [2.24, 2.45) is 5.41 Å². The molecule has 0 heterocycles. The summed E-state index contributed by atoms with van der Waals surface area (Å²) in [7, 11) is 2.58. The van der Waals surface area contributed by atoms with Crippen molar-refractivity contribution in [2.45, 2.75) is 19.3 Å². The number of benzene rings is 1. The summed E-state index contributed by atoms with van der Waals surface area (Å²) < 4.78 is 9.50. The first-order valence-electron chi connectivity index (χ1n) is 5.80. The Morgan fingerprint density at radius 1 is 1.17 bits per heavy atom. The molecule has 1 unspecified atom stereocenters. The van der Waals surface area contributed by atoms with Gasteiger partial charge in [-0.1, -0.05) is 24.3 Å². The molecular formula is C14H16O4. The Morgan fingerprint density at radius 2 is 1.72 bits per heavy atom. The quantitative estimate of drug-likeness (QED) is 0.604. The van der Waals surface area contributed by atoms with E-state index in [1.165, 1.54) is 14.2 Å². The molecule has 1 atom stereocenters. The van der Waals surface area contributed by atoms with Gasteiger partial charge >= 0.3 is 11.9 Å². The monoisotopic (exact) mass is 248 g/mol. The Bertz CT molecular complexity index is 476. The highest BCUT2D eigenvalue weighted by molar-refractivity contribution is 6.05. The maximum absolute atomic E-state index is 11.9. The number of ether oxygens (including phenoxy) is 2. The Balaban J connectivity index is 2.36. The normalized spacial score (nSPS) is 20.1. The molecule has 0 N–H and O–H groups in total. The number of carbonyl (C=O) groups excluding carboxylic acids is 2. The van der Waals surface area contributed by atoms with Gasteiger partial charge < -0.3 is 9.47 Å². The predicted octanol–water partition coefficient (Wildman–Crippen LogP) is 1.81. The summed E-state index contributed by atoms with van der Waals surface area (Å²) in [5.41, 5.74) is 0.931. The summed E-state index contributed by atoms with van der Waals surface area (Å²) in [5.74, 6) is -1.16. The van der Waals surface area contributed by atoms with E-state index in [0.717, 1.165) is 11.1 Å². The van der Waals surface area contributed by atoms with Crippen LogP contribution in [0.4, 0.5) is 0 Å². The van der Waals surface area contributed by atoms with E-state index < -0.39 is 17.4 Å². The molecule has 2 rings (SSSR count). The maximum atomic E-state index is 11.9. The Labute approximate surface area is 106 Å². The van der Waals surface area contributed by atoms with Crippen LogP contribution >= 0.6 is 0 Å². The topological polar surface area (TPSA) is 52.6 Å². The van der Waals surface area contributed by atoms with E-state index in [4.69, 9.17) is 9.47 Å². The molecule has 4 nitrogen and oxygen atoms in total. The third kappa shape index (κ3) is 1.68. The minimum atomic E-state index is -1.14.